The van der Waals surface area contributed by atoms with E-state index in [-0.39, 0.29) is 6.54 Å². The van der Waals surface area contributed by atoms with Crippen LogP contribution < -0.4 is 5.32 Å². The van der Waals surface area contributed by atoms with E-state index in [9.17, 15) is 13.2 Å². The van der Waals surface area contributed by atoms with Crippen molar-refractivity contribution in [1.29, 1.82) is 0 Å². The Bertz CT molecular complexity index is 341. The van der Waals surface area contributed by atoms with E-state index < -0.39 is 13.0 Å². The summed E-state index contributed by atoms with van der Waals surface area (Å²) in [5.74, 6) is 0. The van der Waals surface area contributed by atoms with E-state index in [4.69, 9.17) is 4.74 Å². The van der Waals surface area contributed by atoms with Gasteiger partial charge in [-0.2, -0.15) is 5.10 Å². The summed E-state index contributed by atoms with van der Waals surface area (Å²) in [6.45, 7) is 1.54. The Labute approximate surface area is 103 Å². The van der Waals surface area contributed by atoms with Crippen molar-refractivity contribution in [3.63, 3.8) is 0 Å². The second-order valence-corrected chi connectivity index (χ2v) is 3.58. The van der Waals surface area contributed by atoms with E-state index in [0.29, 0.717) is 19.7 Å². The number of nitrogens with one attached hydrogen (secondary N) is 1. The monoisotopic (exact) mass is 267 g/mol. The van der Waals surface area contributed by atoms with Gasteiger partial charge in [0, 0.05) is 32.0 Å². The summed E-state index contributed by atoms with van der Waals surface area (Å²) < 4.78 is 45.1. The number of nitrogens with zero attached hydrogens (tertiary/aromatic N) is 2. The normalized spacial score (nSPS) is 12.0. The van der Waals surface area contributed by atoms with E-state index >= 15 is 0 Å². The maximum atomic E-state index is 11.7. The molecule has 1 N–H and O–H groups in total. The first kappa shape index (κ1) is 14.9. The summed E-state index contributed by atoms with van der Waals surface area (Å²) in [7, 11) is 1.61. The molecule has 0 amide bonds. The molecule has 0 spiro atoms. The van der Waals surface area contributed by atoms with Crippen LogP contribution in [0.5, 0.6) is 0 Å². The molecule has 5 nitrogen and oxygen atoms in total. The molecule has 104 valence electrons. The molecule has 0 atom stereocenters. The Morgan fingerprint density at radius 2 is 2.17 bits per heavy atom. The van der Waals surface area contributed by atoms with Crippen molar-refractivity contribution in [2.45, 2.75) is 19.5 Å². The van der Waals surface area contributed by atoms with Gasteiger partial charge in [0.1, 0.15) is 0 Å². The maximum absolute atomic E-state index is 11.7. The Hall–Kier alpha value is -1.12. The van der Waals surface area contributed by atoms with Gasteiger partial charge in [0.15, 0.2) is 0 Å². The molecule has 0 saturated heterocycles. The van der Waals surface area contributed by atoms with Crippen LogP contribution in [-0.2, 0) is 22.6 Å². The van der Waals surface area contributed by atoms with Crippen molar-refractivity contribution in [3.8, 4) is 0 Å². The van der Waals surface area contributed by atoms with Crippen molar-refractivity contribution in [2.75, 3.05) is 26.9 Å². The first-order chi connectivity index (χ1) is 8.51. The van der Waals surface area contributed by atoms with Crippen LogP contribution in [0, 0.1) is 0 Å². The molecule has 1 rings (SSSR count). The van der Waals surface area contributed by atoms with Gasteiger partial charge in [0.2, 0.25) is 0 Å². The van der Waals surface area contributed by atoms with E-state index in [0.717, 1.165) is 5.56 Å². The average Bonchev–Trinajstić information content (AvgIpc) is 2.71. The predicted molar refractivity (Wildman–Crippen MR) is 57.8 cm³/mol. The predicted octanol–water partition coefficient (Wildman–Crippen LogP) is 1.16. The molecule has 0 radical (unpaired) electrons. The van der Waals surface area contributed by atoms with E-state index in [1.165, 1.54) is 4.68 Å². The van der Waals surface area contributed by atoms with Gasteiger partial charge in [-0.1, -0.05) is 0 Å². The zero-order chi connectivity index (χ0) is 13.4. The van der Waals surface area contributed by atoms with Crippen molar-refractivity contribution in [3.05, 3.63) is 18.0 Å². The van der Waals surface area contributed by atoms with Gasteiger partial charge in [-0.25, -0.2) is 0 Å². The molecule has 0 aliphatic carbocycles. The van der Waals surface area contributed by atoms with Crippen molar-refractivity contribution < 1.29 is 22.6 Å². The molecule has 18 heavy (non-hydrogen) atoms. The summed E-state index contributed by atoms with van der Waals surface area (Å²) >= 11 is 0. The fourth-order valence-electron chi connectivity index (χ4n) is 1.28. The molecule has 1 aromatic heterocycles. The smallest absolute Gasteiger partial charge is 0.383 e. The summed E-state index contributed by atoms with van der Waals surface area (Å²) in [5, 5.41) is 7.04. The number of alkyl halides is 3. The molecular formula is C10H16F3N3O2. The van der Waals surface area contributed by atoms with Gasteiger partial charge in [-0.3, -0.25) is 9.42 Å². The van der Waals surface area contributed by atoms with E-state index in [1.54, 1.807) is 19.5 Å². The van der Waals surface area contributed by atoms with E-state index in [2.05, 4.69) is 15.2 Å². The lowest BCUT2D eigenvalue weighted by atomic mass is 10.3. The number of ether oxygens (including phenoxy) is 2. The number of methoxy groups -OCH3 is 1. The van der Waals surface area contributed by atoms with Gasteiger partial charge in [0.05, 0.1) is 26.0 Å². The van der Waals surface area contributed by atoms with Gasteiger partial charge in [-0.15, -0.1) is 13.2 Å². The average molecular weight is 267 g/mol. The first-order valence-electron chi connectivity index (χ1n) is 5.43. The van der Waals surface area contributed by atoms with Gasteiger partial charge in [-0.05, 0) is 0 Å². The third kappa shape index (κ3) is 6.58. The zero-order valence-electron chi connectivity index (χ0n) is 10.0. The topological polar surface area (TPSA) is 48.3 Å². The zero-order valence-corrected chi connectivity index (χ0v) is 10.0. The molecule has 0 aliphatic rings. The van der Waals surface area contributed by atoms with Gasteiger partial charge in [0.25, 0.3) is 0 Å². The van der Waals surface area contributed by atoms with E-state index in [1.807, 2.05) is 0 Å². The molecule has 1 heterocycles. The molecule has 8 heteroatoms. The second-order valence-electron chi connectivity index (χ2n) is 3.58. The Balaban J connectivity index is 2.21. The minimum absolute atomic E-state index is 0.0670. The van der Waals surface area contributed by atoms with Crippen molar-refractivity contribution >= 4 is 0 Å². The van der Waals surface area contributed by atoms with Crippen LogP contribution in [0.2, 0.25) is 0 Å². The largest absolute Gasteiger partial charge is 0.522 e. The fourth-order valence-corrected chi connectivity index (χ4v) is 1.28. The highest BCUT2D eigenvalue weighted by molar-refractivity contribution is 5.03. The van der Waals surface area contributed by atoms with Crippen LogP contribution in [0.4, 0.5) is 13.2 Å². The van der Waals surface area contributed by atoms with Crippen LogP contribution in [-0.4, -0.2) is 43.0 Å². The lowest BCUT2D eigenvalue weighted by Gasteiger charge is -2.06. The molecule has 0 aromatic carbocycles. The fraction of sp³-hybridized carbons (Fsp3) is 0.700. The van der Waals surface area contributed by atoms with Crippen LogP contribution >= 0.6 is 0 Å². The van der Waals surface area contributed by atoms with Crippen LogP contribution in [0.15, 0.2) is 12.4 Å². The van der Waals surface area contributed by atoms with Crippen molar-refractivity contribution in [2.24, 2.45) is 0 Å². The Morgan fingerprint density at radius 1 is 1.39 bits per heavy atom. The highest BCUT2D eigenvalue weighted by Crippen LogP contribution is 2.15. The van der Waals surface area contributed by atoms with Gasteiger partial charge >= 0.3 is 6.36 Å². The highest BCUT2D eigenvalue weighted by atomic mass is 19.4. The van der Waals surface area contributed by atoms with Crippen molar-refractivity contribution in [1.82, 2.24) is 15.1 Å². The van der Waals surface area contributed by atoms with Gasteiger partial charge < -0.3 is 10.1 Å². The summed E-state index contributed by atoms with van der Waals surface area (Å²) in [4.78, 5) is 0. The quantitative estimate of drug-likeness (QED) is 0.718. The highest BCUT2D eigenvalue weighted by Gasteiger charge is 2.28. The molecule has 0 unspecified atom stereocenters. The lowest BCUT2D eigenvalue weighted by Crippen LogP contribution is -2.18. The summed E-state index contributed by atoms with van der Waals surface area (Å²) in [6, 6.07) is 0. The lowest BCUT2D eigenvalue weighted by molar-refractivity contribution is -0.325. The summed E-state index contributed by atoms with van der Waals surface area (Å²) in [5.41, 5.74) is 0.901. The molecule has 1 aromatic rings. The third-order valence-corrected chi connectivity index (χ3v) is 2.08. The molecule has 0 fully saturated rings. The maximum Gasteiger partial charge on any atom is 0.522 e. The van der Waals surface area contributed by atoms with Crippen LogP contribution in [0.1, 0.15) is 5.56 Å². The molecule has 0 bridgehead atoms. The Morgan fingerprint density at radius 3 is 2.83 bits per heavy atom. The SMILES string of the molecule is COCCNCc1cnn(CCOC(F)(F)F)c1. The molecule has 0 saturated carbocycles. The number of hydrogen-bond donors (Lipinski definition) is 1. The minimum Gasteiger partial charge on any atom is -0.383 e. The summed E-state index contributed by atoms with van der Waals surface area (Å²) in [6.07, 6.45) is -1.30. The second kappa shape index (κ2) is 7.34. The molecular weight excluding hydrogens is 251 g/mol. The number of hydrogen-bond acceptors (Lipinski definition) is 4. The number of rotatable bonds is 8. The first-order valence-corrected chi connectivity index (χ1v) is 5.43. The van der Waals surface area contributed by atoms with Crippen LogP contribution in [0.25, 0.3) is 0 Å². The molecule has 0 aliphatic heterocycles. The minimum atomic E-state index is -4.59. The third-order valence-electron chi connectivity index (χ3n) is 2.08. The Kier molecular flexibility index (Phi) is 6.10. The number of aromatic nitrogens is 2. The number of halogens is 3. The van der Waals surface area contributed by atoms with Crippen LogP contribution in [0.3, 0.4) is 0 Å². The standard InChI is InChI=1S/C10H16F3N3O2/c1-17-4-2-14-6-9-7-15-16(8-9)3-5-18-10(11,12)13/h7-8,14H,2-6H2,1H3.